The van der Waals surface area contributed by atoms with Gasteiger partial charge < -0.3 is 4.43 Å². The van der Waals surface area contributed by atoms with E-state index in [1.165, 1.54) is 12.1 Å². The zero-order valence-electron chi connectivity index (χ0n) is 17.6. The Bertz CT molecular complexity index is 895. The van der Waals surface area contributed by atoms with Crippen molar-refractivity contribution < 1.29 is 17.6 Å². The van der Waals surface area contributed by atoms with E-state index < -0.39 is 20.1 Å². The molecule has 1 aromatic heterocycles. The lowest BCUT2D eigenvalue weighted by molar-refractivity contribution is -0.137. The van der Waals surface area contributed by atoms with Crippen LogP contribution in [0.1, 0.15) is 62.2 Å². The Morgan fingerprint density at radius 2 is 1.79 bits per heavy atom. The van der Waals surface area contributed by atoms with Gasteiger partial charge in [0.05, 0.1) is 23.9 Å². The second kappa shape index (κ2) is 7.39. The van der Waals surface area contributed by atoms with Gasteiger partial charge in [-0.1, -0.05) is 44.7 Å². The maximum absolute atomic E-state index is 12.8. The van der Waals surface area contributed by atoms with Crippen molar-refractivity contribution in [3.8, 4) is 0 Å². The van der Waals surface area contributed by atoms with E-state index in [0.29, 0.717) is 6.54 Å². The number of halogens is 3. The molecule has 1 aromatic carbocycles. The van der Waals surface area contributed by atoms with Crippen LogP contribution >= 0.6 is 0 Å². The predicted molar refractivity (Wildman–Crippen MR) is 110 cm³/mol. The molecule has 0 saturated heterocycles. The second-order valence-corrected chi connectivity index (χ2v) is 13.9. The lowest BCUT2D eigenvalue weighted by Crippen LogP contribution is -2.42. The molecule has 0 bridgehead atoms. The van der Waals surface area contributed by atoms with Crippen LogP contribution in [0.5, 0.6) is 0 Å². The summed E-state index contributed by atoms with van der Waals surface area (Å²) in [5.41, 5.74) is 2.64. The minimum Gasteiger partial charge on any atom is -0.408 e. The van der Waals surface area contributed by atoms with Crippen LogP contribution in [0, 0.1) is 0 Å². The Morgan fingerprint density at radius 3 is 2.34 bits per heavy atom. The molecule has 8 heteroatoms. The van der Waals surface area contributed by atoms with E-state index in [-0.39, 0.29) is 11.1 Å². The maximum Gasteiger partial charge on any atom is 0.416 e. The van der Waals surface area contributed by atoms with Gasteiger partial charge in [0.15, 0.2) is 8.32 Å². The first-order valence-corrected chi connectivity index (χ1v) is 12.7. The van der Waals surface area contributed by atoms with E-state index in [0.717, 1.165) is 47.5 Å². The van der Waals surface area contributed by atoms with E-state index in [1.54, 1.807) is 4.68 Å². The van der Waals surface area contributed by atoms with Gasteiger partial charge in [-0.2, -0.15) is 13.2 Å². The quantitative estimate of drug-likeness (QED) is 0.549. The van der Waals surface area contributed by atoms with Gasteiger partial charge >= 0.3 is 6.18 Å². The molecule has 0 radical (unpaired) electrons. The highest BCUT2D eigenvalue weighted by atomic mass is 28.4. The summed E-state index contributed by atoms with van der Waals surface area (Å²) in [6.07, 6.45) is -2.87. The van der Waals surface area contributed by atoms with Crippen molar-refractivity contribution in [1.29, 1.82) is 0 Å². The molecule has 0 unspecified atom stereocenters. The van der Waals surface area contributed by atoms with Crippen LogP contribution in [0.2, 0.25) is 18.1 Å². The van der Waals surface area contributed by atoms with Crippen molar-refractivity contribution in [1.82, 2.24) is 15.0 Å². The fourth-order valence-electron chi connectivity index (χ4n) is 3.20. The predicted octanol–water partition coefficient (Wildman–Crippen LogP) is 6.22. The molecular weight excluding hydrogens is 395 g/mol. The number of nitrogens with zero attached hydrogens (tertiary/aromatic N) is 3. The molecule has 1 aliphatic carbocycles. The summed E-state index contributed by atoms with van der Waals surface area (Å²) >= 11 is 0. The third kappa shape index (κ3) is 4.48. The van der Waals surface area contributed by atoms with Gasteiger partial charge in [0.25, 0.3) is 0 Å². The van der Waals surface area contributed by atoms with Crippen molar-refractivity contribution in [2.24, 2.45) is 0 Å². The van der Waals surface area contributed by atoms with Crippen LogP contribution in [-0.4, -0.2) is 23.3 Å². The van der Waals surface area contributed by atoms with Crippen LogP contribution in [0.15, 0.2) is 30.8 Å². The van der Waals surface area contributed by atoms with Crippen LogP contribution in [0.3, 0.4) is 0 Å². The molecule has 0 fully saturated rings. The first-order valence-electron chi connectivity index (χ1n) is 9.75. The molecule has 0 spiro atoms. The number of allylic oxidation sites excluding steroid dienone is 1. The molecule has 29 heavy (non-hydrogen) atoms. The second-order valence-electron chi connectivity index (χ2n) is 9.18. The summed E-state index contributed by atoms with van der Waals surface area (Å²) in [6.45, 7) is 15.5. The van der Waals surface area contributed by atoms with Crippen molar-refractivity contribution in [3.05, 3.63) is 53.4 Å². The third-order valence-electron chi connectivity index (χ3n) is 5.97. The fourth-order valence-corrected chi connectivity index (χ4v) is 4.49. The van der Waals surface area contributed by atoms with E-state index in [1.807, 2.05) is 0 Å². The third-order valence-corrected chi connectivity index (χ3v) is 10.5. The zero-order valence-corrected chi connectivity index (χ0v) is 18.6. The Labute approximate surface area is 170 Å². The Morgan fingerprint density at radius 1 is 1.17 bits per heavy atom. The minimum absolute atomic E-state index is 0.0812. The number of fused-ring (bicyclic) bond motifs is 1. The molecule has 0 amide bonds. The molecule has 4 nitrogen and oxygen atoms in total. The van der Waals surface area contributed by atoms with Gasteiger partial charge in [0.1, 0.15) is 5.69 Å². The van der Waals surface area contributed by atoms with E-state index in [4.69, 9.17) is 4.43 Å². The first-order chi connectivity index (χ1) is 13.3. The van der Waals surface area contributed by atoms with Crippen molar-refractivity contribution in [3.63, 3.8) is 0 Å². The molecule has 1 aliphatic rings. The molecule has 3 rings (SSSR count). The van der Waals surface area contributed by atoms with Gasteiger partial charge in [0, 0.05) is 0 Å². The van der Waals surface area contributed by atoms with Crippen LogP contribution < -0.4 is 0 Å². The topological polar surface area (TPSA) is 39.9 Å². The highest BCUT2D eigenvalue weighted by Gasteiger charge is 2.41. The number of alkyl halides is 3. The average molecular weight is 424 g/mol. The lowest BCUT2D eigenvalue weighted by atomic mass is 9.94. The summed E-state index contributed by atoms with van der Waals surface area (Å²) in [4.78, 5) is 0. The van der Waals surface area contributed by atoms with Gasteiger partial charge in [-0.3, -0.25) is 0 Å². The SMILES string of the molecule is C=C1CC[C@@H](O[Si](C)(C)C(C)(C)C)c2nnn(Cc3ccc(C(F)(F)F)cc3)c21. The Hall–Kier alpha value is -1.93. The van der Waals surface area contributed by atoms with Gasteiger partial charge in [-0.15, -0.1) is 5.10 Å². The molecule has 1 atom stereocenters. The molecule has 0 aliphatic heterocycles. The van der Waals surface area contributed by atoms with Crippen LogP contribution in [0.25, 0.3) is 5.57 Å². The lowest BCUT2D eigenvalue weighted by Gasteiger charge is -2.40. The van der Waals surface area contributed by atoms with Gasteiger partial charge in [-0.05, 0) is 54.2 Å². The molecule has 2 aromatic rings. The van der Waals surface area contributed by atoms with Crippen molar-refractivity contribution in [2.75, 3.05) is 0 Å². The van der Waals surface area contributed by atoms with E-state index in [9.17, 15) is 13.2 Å². The summed E-state index contributed by atoms with van der Waals surface area (Å²) in [5, 5.41) is 8.73. The number of aromatic nitrogens is 3. The highest BCUT2D eigenvalue weighted by Crippen LogP contribution is 2.44. The monoisotopic (exact) mass is 423 g/mol. The first kappa shape index (κ1) is 21.8. The van der Waals surface area contributed by atoms with Crippen LogP contribution in [0.4, 0.5) is 13.2 Å². The Kier molecular flexibility index (Phi) is 5.55. The van der Waals surface area contributed by atoms with Gasteiger partial charge in [-0.25, -0.2) is 4.68 Å². The fraction of sp³-hybridized carbons (Fsp3) is 0.524. The number of benzene rings is 1. The van der Waals surface area contributed by atoms with Crippen LogP contribution in [-0.2, 0) is 17.1 Å². The molecule has 0 N–H and O–H groups in total. The van der Waals surface area contributed by atoms with E-state index >= 15 is 0 Å². The van der Waals surface area contributed by atoms with Crippen molar-refractivity contribution in [2.45, 2.75) is 70.6 Å². The minimum atomic E-state index is -4.34. The zero-order chi connectivity index (χ0) is 21.6. The summed E-state index contributed by atoms with van der Waals surface area (Å²) in [7, 11) is -1.99. The summed E-state index contributed by atoms with van der Waals surface area (Å²) in [6, 6.07) is 5.14. The van der Waals surface area contributed by atoms with Crippen molar-refractivity contribution >= 4 is 13.9 Å². The smallest absolute Gasteiger partial charge is 0.408 e. The largest absolute Gasteiger partial charge is 0.416 e. The van der Waals surface area contributed by atoms with Gasteiger partial charge in [0.2, 0.25) is 0 Å². The number of hydrogen-bond acceptors (Lipinski definition) is 3. The number of rotatable bonds is 4. The normalized spacial score (nSPS) is 18.1. The Balaban J connectivity index is 1.85. The standard InChI is InChI=1S/C21H28F3N3OSi/c1-14-7-12-17(28-29(5,6)20(2,3)4)18-19(14)27(26-25-18)13-15-8-10-16(11-9-15)21(22,23)24/h8-11,17H,1,7,12-13H2,2-6H3/t17-/m1/s1. The molecular formula is C21H28F3N3OSi. The molecule has 0 saturated carbocycles. The number of hydrogen-bond donors (Lipinski definition) is 0. The summed E-state index contributed by atoms with van der Waals surface area (Å²) in [5.74, 6) is 0. The highest BCUT2D eigenvalue weighted by molar-refractivity contribution is 6.74. The molecule has 1 heterocycles. The summed E-state index contributed by atoms with van der Waals surface area (Å²) < 4.78 is 46.7. The maximum atomic E-state index is 12.8. The van der Waals surface area contributed by atoms with E-state index in [2.05, 4.69) is 50.8 Å². The average Bonchev–Trinajstić information content (AvgIpc) is 3.01. The molecule has 158 valence electrons.